The number of nitrogens with one attached hydrogen (secondary N) is 1. The van der Waals surface area contributed by atoms with E-state index in [0.29, 0.717) is 5.56 Å². The topological polar surface area (TPSA) is 49.3 Å². The van der Waals surface area contributed by atoms with Gasteiger partial charge in [-0.15, -0.1) is 0 Å². The van der Waals surface area contributed by atoms with Gasteiger partial charge in [0.05, 0.1) is 6.04 Å². The van der Waals surface area contributed by atoms with Gasteiger partial charge in [0.15, 0.2) is 0 Å². The van der Waals surface area contributed by atoms with Crippen LogP contribution in [0.1, 0.15) is 11.7 Å². The van der Waals surface area contributed by atoms with Crippen LogP contribution in [0.15, 0.2) is 41.1 Å². The molecule has 2 rings (SSSR count). The molecule has 0 aliphatic carbocycles. The van der Waals surface area contributed by atoms with E-state index in [1.165, 1.54) is 0 Å². The molecule has 2 aromatic rings. The number of thiophene rings is 1. The number of alkyl halides is 3. The third-order valence-electron chi connectivity index (χ3n) is 3.18. The number of hydrogen-bond donors (Lipinski definition) is 2. The van der Waals surface area contributed by atoms with E-state index in [4.69, 9.17) is 0 Å². The number of aliphatic hydroxyl groups is 1. The molecule has 0 aliphatic heterocycles. The SMILES string of the molecule is O=C(N[C@H](CF)[C@H](O)c1ccc(-c2ccsc2)cc1)C(F)F. The van der Waals surface area contributed by atoms with Crippen molar-refractivity contribution >= 4 is 17.2 Å². The summed E-state index contributed by atoms with van der Waals surface area (Å²) in [6, 6.07) is 7.16. The highest BCUT2D eigenvalue weighted by molar-refractivity contribution is 7.08. The number of carbonyl (C=O) groups is 1. The molecule has 0 radical (unpaired) electrons. The lowest BCUT2D eigenvalue weighted by atomic mass is 10.00. The molecule has 0 spiro atoms. The summed E-state index contributed by atoms with van der Waals surface area (Å²) in [5.74, 6) is -1.60. The second-order valence-corrected chi connectivity index (χ2v) is 5.43. The largest absolute Gasteiger partial charge is 0.386 e. The van der Waals surface area contributed by atoms with E-state index >= 15 is 0 Å². The van der Waals surface area contributed by atoms with Gasteiger partial charge in [-0.25, -0.2) is 4.39 Å². The minimum atomic E-state index is -3.25. The molecule has 0 bridgehead atoms. The van der Waals surface area contributed by atoms with E-state index in [1.807, 2.05) is 16.8 Å². The Hall–Kier alpha value is -1.86. The average molecular weight is 329 g/mol. The molecule has 0 saturated carbocycles. The molecule has 0 saturated heterocycles. The molecule has 22 heavy (non-hydrogen) atoms. The lowest BCUT2D eigenvalue weighted by molar-refractivity contribution is -0.133. The van der Waals surface area contributed by atoms with E-state index in [2.05, 4.69) is 0 Å². The fourth-order valence-electron chi connectivity index (χ4n) is 1.98. The van der Waals surface area contributed by atoms with Crippen LogP contribution >= 0.6 is 11.3 Å². The predicted octanol–water partition coefficient (Wildman–Crippen LogP) is 3.17. The minimum Gasteiger partial charge on any atom is -0.386 e. The fourth-order valence-corrected chi connectivity index (χ4v) is 2.65. The van der Waals surface area contributed by atoms with Crippen molar-refractivity contribution in [2.75, 3.05) is 6.67 Å². The summed E-state index contributed by atoms with van der Waals surface area (Å²) in [6.45, 7) is -1.15. The number of benzene rings is 1. The monoisotopic (exact) mass is 329 g/mol. The number of rotatable bonds is 6. The smallest absolute Gasteiger partial charge is 0.315 e. The van der Waals surface area contributed by atoms with Gasteiger partial charge in [-0.2, -0.15) is 20.1 Å². The first-order valence-corrected chi connectivity index (χ1v) is 7.42. The summed E-state index contributed by atoms with van der Waals surface area (Å²) in [6.07, 6.45) is -4.65. The highest BCUT2D eigenvalue weighted by atomic mass is 32.1. The molecule has 2 atom stereocenters. The third-order valence-corrected chi connectivity index (χ3v) is 3.86. The third kappa shape index (κ3) is 3.86. The van der Waals surface area contributed by atoms with Crippen LogP contribution in [0, 0.1) is 0 Å². The second kappa shape index (κ2) is 7.42. The van der Waals surface area contributed by atoms with Crippen LogP contribution in [0.3, 0.4) is 0 Å². The molecule has 0 fully saturated rings. The lowest BCUT2D eigenvalue weighted by Crippen LogP contribution is -2.43. The summed E-state index contributed by atoms with van der Waals surface area (Å²) in [5, 5.41) is 15.7. The van der Waals surface area contributed by atoms with Crippen molar-refractivity contribution in [1.29, 1.82) is 0 Å². The molecule has 118 valence electrons. The van der Waals surface area contributed by atoms with Crippen molar-refractivity contribution in [3.05, 3.63) is 46.7 Å². The number of hydrogen-bond acceptors (Lipinski definition) is 3. The van der Waals surface area contributed by atoms with Crippen LogP contribution in [-0.4, -0.2) is 30.2 Å². The van der Waals surface area contributed by atoms with Crippen molar-refractivity contribution in [3.8, 4) is 11.1 Å². The summed E-state index contributed by atoms with van der Waals surface area (Å²) in [5.41, 5.74) is 2.28. The van der Waals surface area contributed by atoms with Gasteiger partial charge in [0.25, 0.3) is 5.91 Å². The molecular formula is C15H14F3NO2S. The van der Waals surface area contributed by atoms with Crippen molar-refractivity contribution in [2.24, 2.45) is 0 Å². The Morgan fingerprint density at radius 2 is 1.86 bits per heavy atom. The first-order chi connectivity index (χ1) is 10.5. The maximum atomic E-state index is 12.9. The highest BCUT2D eigenvalue weighted by Crippen LogP contribution is 2.25. The zero-order valence-corrected chi connectivity index (χ0v) is 12.2. The van der Waals surface area contributed by atoms with Crippen LogP contribution in [0.2, 0.25) is 0 Å². The van der Waals surface area contributed by atoms with Crippen LogP contribution in [-0.2, 0) is 4.79 Å². The number of amides is 1. The van der Waals surface area contributed by atoms with Crippen LogP contribution in [0.4, 0.5) is 13.2 Å². The molecule has 0 unspecified atom stereocenters. The Morgan fingerprint density at radius 1 is 1.18 bits per heavy atom. The molecule has 1 heterocycles. The quantitative estimate of drug-likeness (QED) is 0.855. The molecular weight excluding hydrogens is 315 g/mol. The lowest BCUT2D eigenvalue weighted by Gasteiger charge is -2.21. The minimum absolute atomic E-state index is 0.344. The van der Waals surface area contributed by atoms with Crippen LogP contribution in [0.5, 0.6) is 0 Å². The van der Waals surface area contributed by atoms with Gasteiger partial charge in [-0.1, -0.05) is 24.3 Å². The van der Waals surface area contributed by atoms with Gasteiger partial charge in [0, 0.05) is 0 Å². The van der Waals surface area contributed by atoms with Crippen molar-refractivity contribution < 1.29 is 23.1 Å². The summed E-state index contributed by atoms with van der Waals surface area (Å²) in [4.78, 5) is 10.9. The molecule has 2 N–H and O–H groups in total. The Labute approximate surface area is 129 Å². The van der Waals surface area contributed by atoms with Crippen molar-refractivity contribution in [3.63, 3.8) is 0 Å². The van der Waals surface area contributed by atoms with Gasteiger partial charge < -0.3 is 10.4 Å². The predicted molar refractivity (Wildman–Crippen MR) is 78.6 cm³/mol. The Kier molecular flexibility index (Phi) is 5.57. The fraction of sp³-hybridized carbons (Fsp3) is 0.267. The first kappa shape index (κ1) is 16.5. The maximum Gasteiger partial charge on any atom is 0.315 e. The molecule has 1 aromatic heterocycles. The molecule has 7 heteroatoms. The zero-order valence-electron chi connectivity index (χ0n) is 11.4. The van der Waals surface area contributed by atoms with E-state index in [0.717, 1.165) is 11.1 Å². The van der Waals surface area contributed by atoms with Gasteiger partial charge in [0.2, 0.25) is 0 Å². The summed E-state index contributed by atoms with van der Waals surface area (Å²) >= 11 is 1.55. The first-order valence-electron chi connectivity index (χ1n) is 6.48. The molecule has 0 aliphatic rings. The molecule has 3 nitrogen and oxygen atoms in total. The van der Waals surface area contributed by atoms with E-state index in [9.17, 15) is 23.1 Å². The standard InChI is InChI=1S/C15H14F3NO2S/c16-7-12(19-15(21)14(17)18)13(20)10-3-1-9(2-4-10)11-5-6-22-8-11/h1-6,8,12-14,20H,7H2,(H,19,21)/t12-,13-/m1/s1. The summed E-state index contributed by atoms with van der Waals surface area (Å²) in [7, 11) is 0. The van der Waals surface area contributed by atoms with E-state index in [1.54, 1.807) is 40.9 Å². The average Bonchev–Trinajstić information content (AvgIpc) is 3.06. The van der Waals surface area contributed by atoms with Crippen LogP contribution in [0.25, 0.3) is 11.1 Å². The molecule has 1 amide bonds. The summed E-state index contributed by atoms with van der Waals surface area (Å²) < 4.78 is 37.3. The van der Waals surface area contributed by atoms with Crippen molar-refractivity contribution in [1.82, 2.24) is 5.32 Å². The Bertz CT molecular complexity index is 602. The number of halogens is 3. The van der Waals surface area contributed by atoms with E-state index < -0.39 is 31.2 Å². The number of carbonyl (C=O) groups excluding carboxylic acids is 1. The van der Waals surface area contributed by atoms with E-state index in [-0.39, 0.29) is 0 Å². The second-order valence-electron chi connectivity index (χ2n) is 4.65. The number of aliphatic hydroxyl groups excluding tert-OH is 1. The molecule has 1 aromatic carbocycles. The Morgan fingerprint density at radius 3 is 2.36 bits per heavy atom. The van der Waals surface area contributed by atoms with Gasteiger partial charge >= 0.3 is 6.43 Å². The van der Waals surface area contributed by atoms with Gasteiger partial charge in [-0.05, 0) is 33.5 Å². The normalized spacial score (nSPS) is 13.9. The van der Waals surface area contributed by atoms with Gasteiger partial charge in [-0.3, -0.25) is 4.79 Å². The van der Waals surface area contributed by atoms with Crippen molar-refractivity contribution in [2.45, 2.75) is 18.6 Å². The van der Waals surface area contributed by atoms with Crippen LogP contribution < -0.4 is 5.32 Å². The maximum absolute atomic E-state index is 12.9. The highest BCUT2D eigenvalue weighted by Gasteiger charge is 2.26. The zero-order chi connectivity index (χ0) is 16.1. The van der Waals surface area contributed by atoms with Gasteiger partial charge in [0.1, 0.15) is 12.8 Å². The Balaban J connectivity index is 2.10.